The predicted octanol–water partition coefficient (Wildman–Crippen LogP) is 4.75. The zero-order valence-corrected chi connectivity index (χ0v) is 25.2. The van der Waals surface area contributed by atoms with Crippen LogP contribution in [0.3, 0.4) is 0 Å². The standard InChI is InChI=1S/C32H45N7O3/c1-23-18-28(11-8-27(23)22-39-17-16-34-24(2)21-39)38(3)32(41)26-9-12-29(13-10-26)42-30-7-4-6-25(19-30)20-31(40)35-14-5-15-36-37-33/h4,6-8,11,18-19,24,26,29,34H,5,9-10,12-17,20-22H2,1-3H3,(H,35,40)/t24-,26?,29?/m0/s1. The molecule has 2 N–H and O–H groups in total. The van der Waals surface area contributed by atoms with E-state index in [1.54, 1.807) is 0 Å². The summed E-state index contributed by atoms with van der Waals surface area (Å²) in [7, 11) is 1.89. The number of benzene rings is 2. The molecule has 4 rings (SSSR count). The van der Waals surface area contributed by atoms with Crippen molar-refractivity contribution in [2.24, 2.45) is 11.0 Å². The lowest BCUT2D eigenvalue weighted by Crippen LogP contribution is -2.48. The topological polar surface area (TPSA) is 123 Å². The first-order valence-electron chi connectivity index (χ1n) is 15.2. The first-order valence-corrected chi connectivity index (χ1v) is 15.2. The largest absolute Gasteiger partial charge is 0.490 e. The average molecular weight is 576 g/mol. The summed E-state index contributed by atoms with van der Waals surface area (Å²) in [5.41, 5.74) is 12.7. The van der Waals surface area contributed by atoms with Crippen molar-refractivity contribution >= 4 is 17.5 Å². The smallest absolute Gasteiger partial charge is 0.229 e. The van der Waals surface area contributed by atoms with Gasteiger partial charge in [-0.3, -0.25) is 14.5 Å². The molecule has 1 aliphatic heterocycles. The molecule has 1 heterocycles. The number of hydrogen-bond donors (Lipinski definition) is 2. The molecule has 42 heavy (non-hydrogen) atoms. The van der Waals surface area contributed by atoms with Crippen molar-refractivity contribution in [1.29, 1.82) is 0 Å². The monoisotopic (exact) mass is 575 g/mol. The maximum absolute atomic E-state index is 13.4. The Bertz CT molecular complexity index is 1250. The van der Waals surface area contributed by atoms with Crippen LogP contribution in [0.5, 0.6) is 5.75 Å². The molecule has 1 atom stereocenters. The summed E-state index contributed by atoms with van der Waals surface area (Å²) in [5.74, 6) is 0.839. The minimum atomic E-state index is -0.0738. The van der Waals surface area contributed by atoms with Crippen LogP contribution in [-0.4, -0.2) is 68.6 Å². The number of hydrogen-bond acceptors (Lipinski definition) is 6. The maximum atomic E-state index is 13.4. The SMILES string of the molecule is Cc1cc(N(C)C(=O)C2CCC(Oc3cccc(CC(=O)NCCCN=[N+]=[N-])c3)CC2)ccc1CN1CCN[C@@H](C)C1. The van der Waals surface area contributed by atoms with Crippen LogP contribution in [0.1, 0.15) is 55.7 Å². The number of nitrogens with zero attached hydrogens (tertiary/aromatic N) is 5. The Balaban J connectivity index is 1.23. The first-order chi connectivity index (χ1) is 20.3. The van der Waals surface area contributed by atoms with Crippen LogP contribution in [0.4, 0.5) is 5.69 Å². The van der Waals surface area contributed by atoms with Gasteiger partial charge in [0.05, 0.1) is 12.5 Å². The lowest BCUT2D eigenvalue weighted by atomic mass is 9.86. The van der Waals surface area contributed by atoms with E-state index >= 15 is 0 Å². The quantitative estimate of drug-likeness (QED) is 0.164. The Hall–Kier alpha value is -3.59. The van der Waals surface area contributed by atoms with E-state index in [0.717, 1.165) is 68.9 Å². The summed E-state index contributed by atoms with van der Waals surface area (Å²) in [5, 5.41) is 9.81. The zero-order chi connectivity index (χ0) is 29.9. The van der Waals surface area contributed by atoms with Gasteiger partial charge in [-0.1, -0.05) is 23.3 Å². The van der Waals surface area contributed by atoms with Gasteiger partial charge < -0.3 is 20.3 Å². The Labute approximate surface area is 249 Å². The second-order valence-electron chi connectivity index (χ2n) is 11.7. The fourth-order valence-corrected chi connectivity index (χ4v) is 5.88. The molecular weight excluding hydrogens is 530 g/mol. The fourth-order valence-electron chi connectivity index (χ4n) is 5.88. The molecule has 2 fully saturated rings. The van der Waals surface area contributed by atoms with Gasteiger partial charge in [-0.15, -0.1) is 0 Å². The van der Waals surface area contributed by atoms with Gasteiger partial charge in [0.1, 0.15) is 5.75 Å². The van der Waals surface area contributed by atoms with Crippen molar-refractivity contribution in [3.8, 4) is 5.75 Å². The predicted molar refractivity (Wildman–Crippen MR) is 165 cm³/mol. The number of aryl methyl sites for hydroxylation is 1. The van der Waals surface area contributed by atoms with Crippen molar-refractivity contribution in [1.82, 2.24) is 15.5 Å². The number of nitrogens with one attached hydrogen (secondary N) is 2. The van der Waals surface area contributed by atoms with Crippen LogP contribution in [0.25, 0.3) is 10.4 Å². The number of anilines is 1. The van der Waals surface area contributed by atoms with Crippen molar-refractivity contribution in [2.75, 3.05) is 44.7 Å². The van der Waals surface area contributed by atoms with Crippen LogP contribution in [0.15, 0.2) is 47.6 Å². The molecule has 0 bridgehead atoms. The summed E-state index contributed by atoms with van der Waals surface area (Å²) in [6.45, 7) is 9.29. The summed E-state index contributed by atoms with van der Waals surface area (Å²) < 4.78 is 6.26. The van der Waals surface area contributed by atoms with Gasteiger partial charge in [0.15, 0.2) is 0 Å². The van der Waals surface area contributed by atoms with Crippen molar-refractivity contribution in [2.45, 2.75) is 71.1 Å². The highest BCUT2D eigenvalue weighted by Gasteiger charge is 2.30. The minimum Gasteiger partial charge on any atom is -0.490 e. The van der Waals surface area contributed by atoms with Crippen LogP contribution in [0, 0.1) is 12.8 Å². The number of piperazine rings is 1. The number of rotatable bonds is 12. The van der Waals surface area contributed by atoms with Gasteiger partial charge in [-0.2, -0.15) is 0 Å². The van der Waals surface area contributed by atoms with E-state index in [1.807, 2.05) is 36.2 Å². The van der Waals surface area contributed by atoms with E-state index in [2.05, 4.69) is 57.6 Å². The van der Waals surface area contributed by atoms with E-state index in [4.69, 9.17) is 10.3 Å². The van der Waals surface area contributed by atoms with Gasteiger partial charge in [-0.05, 0) is 92.4 Å². The molecule has 10 nitrogen and oxygen atoms in total. The van der Waals surface area contributed by atoms with E-state index in [-0.39, 0.29) is 30.3 Å². The molecule has 10 heteroatoms. The zero-order valence-electron chi connectivity index (χ0n) is 25.2. The number of amides is 2. The Morgan fingerprint density at radius 1 is 1.19 bits per heavy atom. The van der Waals surface area contributed by atoms with E-state index in [0.29, 0.717) is 25.6 Å². The second kappa shape index (κ2) is 15.6. The second-order valence-corrected chi connectivity index (χ2v) is 11.7. The van der Waals surface area contributed by atoms with E-state index in [1.165, 1.54) is 11.1 Å². The molecule has 226 valence electrons. The average Bonchev–Trinajstić information content (AvgIpc) is 2.98. The van der Waals surface area contributed by atoms with Gasteiger partial charge in [0.2, 0.25) is 11.8 Å². The van der Waals surface area contributed by atoms with E-state index in [9.17, 15) is 9.59 Å². The maximum Gasteiger partial charge on any atom is 0.229 e. The molecule has 0 radical (unpaired) electrons. The summed E-state index contributed by atoms with van der Waals surface area (Å²) >= 11 is 0. The molecule has 2 aromatic carbocycles. The lowest BCUT2D eigenvalue weighted by molar-refractivity contribution is -0.123. The molecule has 0 unspecified atom stereocenters. The molecule has 0 spiro atoms. The van der Waals surface area contributed by atoms with Crippen LogP contribution < -0.4 is 20.3 Å². The summed E-state index contributed by atoms with van der Waals surface area (Å²) in [6, 6.07) is 14.6. The summed E-state index contributed by atoms with van der Waals surface area (Å²) in [4.78, 5) is 32.7. The molecule has 0 aromatic heterocycles. The minimum absolute atomic E-state index is 0.00829. The number of azide groups is 1. The van der Waals surface area contributed by atoms with Gasteiger partial charge in [0, 0.05) is 68.9 Å². The molecule has 1 saturated heterocycles. The normalized spacial score (nSPS) is 20.8. The Morgan fingerprint density at radius 3 is 2.74 bits per heavy atom. The number of carbonyl (C=O) groups excluding carboxylic acids is 2. The fraction of sp³-hybridized carbons (Fsp3) is 0.562. The lowest BCUT2D eigenvalue weighted by Gasteiger charge is -2.32. The number of carbonyl (C=O) groups is 2. The highest BCUT2D eigenvalue weighted by Crippen LogP contribution is 2.31. The molecular formula is C32H45N7O3. The first kappa shape index (κ1) is 31.3. The van der Waals surface area contributed by atoms with Crippen molar-refractivity contribution in [3.63, 3.8) is 0 Å². The van der Waals surface area contributed by atoms with Gasteiger partial charge >= 0.3 is 0 Å². The van der Waals surface area contributed by atoms with Crippen molar-refractivity contribution < 1.29 is 14.3 Å². The third kappa shape index (κ3) is 9.21. The highest BCUT2D eigenvalue weighted by atomic mass is 16.5. The van der Waals surface area contributed by atoms with Crippen LogP contribution in [-0.2, 0) is 22.6 Å². The molecule has 2 aliphatic rings. The van der Waals surface area contributed by atoms with Crippen molar-refractivity contribution in [3.05, 3.63) is 69.6 Å². The molecule has 2 amide bonds. The van der Waals surface area contributed by atoms with Gasteiger partial charge in [0.25, 0.3) is 0 Å². The Kier molecular flexibility index (Phi) is 11.6. The van der Waals surface area contributed by atoms with Crippen LogP contribution in [0.2, 0.25) is 0 Å². The number of ether oxygens (including phenoxy) is 1. The highest BCUT2D eigenvalue weighted by molar-refractivity contribution is 5.94. The summed E-state index contributed by atoms with van der Waals surface area (Å²) in [6.07, 6.45) is 4.17. The van der Waals surface area contributed by atoms with E-state index < -0.39 is 0 Å². The molecule has 1 saturated carbocycles. The third-order valence-electron chi connectivity index (χ3n) is 8.30. The van der Waals surface area contributed by atoms with Crippen LogP contribution >= 0.6 is 0 Å². The molecule has 1 aliphatic carbocycles. The Morgan fingerprint density at radius 2 is 2.00 bits per heavy atom. The third-order valence-corrected chi connectivity index (χ3v) is 8.30. The van der Waals surface area contributed by atoms with Gasteiger partial charge in [-0.25, -0.2) is 0 Å². The molecule has 2 aromatic rings.